The number of hydrogen-bond acceptors (Lipinski definition) is 7. The molecule has 0 spiro atoms. The number of nitrogens with zero attached hydrogens (tertiary/aromatic N) is 6. The Morgan fingerprint density at radius 1 is 1.27 bits per heavy atom. The third-order valence-corrected chi connectivity index (χ3v) is 6.49. The Kier molecular flexibility index (Phi) is 5.56. The number of carbonyl (C=O) groups is 1. The fourth-order valence-corrected chi connectivity index (χ4v) is 4.91. The smallest absolute Gasteiger partial charge is 0.272 e. The summed E-state index contributed by atoms with van der Waals surface area (Å²) in [6.07, 6.45) is 8.03. The van der Waals surface area contributed by atoms with Gasteiger partial charge in [0.2, 0.25) is 0 Å². The van der Waals surface area contributed by atoms with Crippen LogP contribution in [0.1, 0.15) is 30.3 Å². The van der Waals surface area contributed by atoms with Gasteiger partial charge in [-0.2, -0.15) is 5.10 Å². The van der Waals surface area contributed by atoms with Crippen LogP contribution in [0.25, 0.3) is 11.2 Å². The average molecular weight is 432 g/mol. The summed E-state index contributed by atoms with van der Waals surface area (Å²) in [6.45, 7) is 3.45. The number of piperidine rings is 1. The highest BCUT2D eigenvalue weighted by molar-refractivity contribution is 7.90. The van der Waals surface area contributed by atoms with E-state index in [9.17, 15) is 13.2 Å². The molecule has 1 amide bonds. The van der Waals surface area contributed by atoms with Crippen molar-refractivity contribution in [3.63, 3.8) is 0 Å². The zero-order valence-corrected chi connectivity index (χ0v) is 17.8. The molecular formula is C19H25N7O3S. The second-order valence-electron chi connectivity index (χ2n) is 7.86. The van der Waals surface area contributed by atoms with Crippen molar-refractivity contribution in [2.75, 3.05) is 25.1 Å². The van der Waals surface area contributed by atoms with Crippen LogP contribution in [0.3, 0.4) is 0 Å². The molecule has 1 aliphatic rings. The number of sulfone groups is 1. The third kappa shape index (κ3) is 4.68. The van der Waals surface area contributed by atoms with Crippen LogP contribution in [-0.2, 0) is 9.84 Å². The Morgan fingerprint density at radius 2 is 2.03 bits per heavy atom. The highest BCUT2D eigenvalue weighted by atomic mass is 32.2. The van der Waals surface area contributed by atoms with Gasteiger partial charge in [-0.25, -0.2) is 17.6 Å². The molecule has 11 heteroatoms. The third-order valence-electron chi connectivity index (χ3n) is 5.40. The minimum atomic E-state index is -3.00. The van der Waals surface area contributed by atoms with Crippen molar-refractivity contribution in [3.8, 4) is 5.69 Å². The average Bonchev–Trinajstić information content (AvgIpc) is 3.36. The number of amides is 1. The van der Waals surface area contributed by atoms with Gasteiger partial charge >= 0.3 is 0 Å². The molecule has 1 N–H and O–H groups in total. The minimum absolute atomic E-state index is 0.0188. The van der Waals surface area contributed by atoms with E-state index in [1.54, 1.807) is 33.9 Å². The number of carbonyl (C=O) groups excluding carboxylic acids is 1. The number of aromatic nitrogens is 5. The van der Waals surface area contributed by atoms with Gasteiger partial charge in [-0.1, -0.05) is 5.21 Å². The van der Waals surface area contributed by atoms with E-state index in [0.717, 1.165) is 37.1 Å². The predicted octanol–water partition coefficient (Wildman–Crippen LogP) is 0.542. The summed E-state index contributed by atoms with van der Waals surface area (Å²) >= 11 is 0. The molecule has 0 aromatic carbocycles. The van der Waals surface area contributed by atoms with Crippen LogP contribution in [0.5, 0.6) is 0 Å². The maximum absolute atomic E-state index is 12.6. The van der Waals surface area contributed by atoms with Crippen LogP contribution in [0.15, 0.2) is 36.8 Å². The molecule has 4 heterocycles. The molecule has 1 atom stereocenters. The zero-order valence-electron chi connectivity index (χ0n) is 17.0. The van der Waals surface area contributed by atoms with Crippen LogP contribution >= 0.6 is 0 Å². The van der Waals surface area contributed by atoms with Crippen molar-refractivity contribution >= 4 is 21.3 Å². The van der Waals surface area contributed by atoms with E-state index in [0.29, 0.717) is 5.69 Å². The molecule has 0 bridgehead atoms. The molecule has 1 saturated heterocycles. The van der Waals surface area contributed by atoms with E-state index in [4.69, 9.17) is 0 Å². The summed E-state index contributed by atoms with van der Waals surface area (Å²) in [5.41, 5.74) is 2.00. The lowest BCUT2D eigenvalue weighted by atomic mass is 10.0. The van der Waals surface area contributed by atoms with E-state index >= 15 is 0 Å². The number of hydrogen-bond donors (Lipinski definition) is 1. The molecule has 1 unspecified atom stereocenters. The Labute approximate surface area is 174 Å². The minimum Gasteiger partial charge on any atom is -0.348 e. The standard InChI is InChI=1S/C19H25N7O3S/c1-14(13-30(2,28)29)24-8-5-15(6-9-24)21-19(27)18-7-10-25(22-18)17-4-3-16-11-20-23-26(16)12-17/h3-4,7,10-12,14-15H,5-6,8-9,13H2,1-2H3,(H,21,27). The van der Waals surface area contributed by atoms with E-state index < -0.39 is 9.84 Å². The van der Waals surface area contributed by atoms with Crippen molar-refractivity contribution in [1.29, 1.82) is 0 Å². The summed E-state index contributed by atoms with van der Waals surface area (Å²) in [6, 6.07) is 5.49. The van der Waals surface area contributed by atoms with E-state index in [1.165, 1.54) is 6.26 Å². The summed E-state index contributed by atoms with van der Waals surface area (Å²) in [4.78, 5) is 14.8. The highest BCUT2D eigenvalue weighted by Crippen LogP contribution is 2.15. The summed E-state index contributed by atoms with van der Waals surface area (Å²) in [7, 11) is -3.00. The van der Waals surface area contributed by atoms with Crippen LogP contribution in [0.4, 0.5) is 0 Å². The normalized spacial score (nSPS) is 17.3. The SMILES string of the molecule is CC(CS(C)(=O)=O)N1CCC(NC(=O)c2ccn(-c3ccc4cnnn4c3)n2)CC1. The van der Waals surface area contributed by atoms with Gasteiger partial charge in [0.15, 0.2) is 5.69 Å². The van der Waals surface area contributed by atoms with E-state index in [-0.39, 0.29) is 23.7 Å². The van der Waals surface area contributed by atoms with Crippen molar-refractivity contribution in [2.45, 2.75) is 31.8 Å². The summed E-state index contributed by atoms with van der Waals surface area (Å²) < 4.78 is 26.3. The van der Waals surface area contributed by atoms with E-state index in [2.05, 4.69) is 25.6 Å². The highest BCUT2D eigenvalue weighted by Gasteiger charge is 2.26. The van der Waals surface area contributed by atoms with Gasteiger partial charge in [-0.15, -0.1) is 5.10 Å². The van der Waals surface area contributed by atoms with Crippen molar-refractivity contribution in [1.82, 2.24) is 34.8 Å². The van der Waals surface area contributed by atoms with Gasteiger partial charge in [0.05, 0.1) is 29.4 Å². The summed E-state index contributed by atoms with van der Waals surface area (Å²) in [5, 5.41) is 15.3. The van der Waals surface area contributed by atoms with Crippen molar-refractivity contribution in [3.05, 3.63) is 42.5 Å². The number of fused-ring (bicyclic) bond motifs is 1. The van der Waals surface area contributed by atoms with Crippen LogP contribution in [-0.4, -0.2) is 81.0 Å². The van der Waals surface area contributed by atoms with Crippen LogP contribution < -0.4 is 5.32 Å². The molecular weight excluding hydrogens is 406 g/mol. The van der Waals surface area contributed by atoms with Gasteiger partial charge in [0.25, 0.3) is 5.91 Å². The maximum Gasteiger partial charge on any atom is 0.272 e. The number of pyridine rings is 1. The lowest BCUT2D eigenvalue weighted by Crippen LogP contribution is -2.48. The van der Waals surface area contributed by atoms with Crippen molar-refractivity contribution in [2.24, 2.45) is 0 Å². The molecule has 4 rings (SSSR count). The quantitative estimate of drug-likeness (QED) is 0.606. The van der Waals surface area contributed by atoms with E-state index in [1.807, 2.05) is 19.1 Å². The first-order valence-electron chi connectivity index (χ1n) is 9.87. The molecule has 1 aliphatic heterocycles. The topological polar surface area (TPSA) is 114 Å². The van der Waals surface area contributed by atoms with Gasteiger partial charge in [0.1, 0.15) is 9.84 Å². The van der Waals surface area contributed by atoms with Gasteiger partial charge in [-0.05, 0) is 38.0 Å². The fraction of sp³-hybridized carbons (Fsp3) is 0.474. The van der Waals surface area contributed by atoms with Crippen molar-refractivity contribution < 1.29 is 13.2 Å². The predicted molar refractivity (Wildman–Crippen MR) is 111 cm³/mol. The van der Waals surface area contributed by atoms with Gasteiger partial charge in [0, 0.05) is 37.6 Å². The monoisotopic (exact) mass is 431 g/mol. The molecule has 0 saturated carbocycles. The molecule has 3 aromatic rings. The Hall–Kier alpha value is -2.79. The number of nitrogens with one attached hydrogen (secondary N) is 1. The molecule has 1 fully saturated rings. The first-order valence-corrected chi connectivity index (χ1v) is 11.9. The van der Waals surface area contributed by atoms with Crippen LogP contribution in [0.2, 0.25) is 0 Å². The molecule has 10 nitrogen and oxygen atoms in total. The first-order chi connectivity index (χ1) is 14.3. The molecule has 3 aromatic heterocycles. The maximum atomic E-state index is 12.6. The lowest BCUT2D eigenvalue weighted by Gasteiger charge is -2.35. The second-order valence-corrected chi connectivity index (χ2v) is 10.0. The molecule has 0 radical (unpaired) electrons. The van der Waals surface area contributed by atoms with Gasteiger partial charge in [-0.3, -0.25) is 9.69 Å². The Balaban J connectivity index is 1.34. The molecule has 0 aliphatic carbocycles. The lowest BCUT2D eigenvalue weighted by molar-refractivity contribution is 0.0896. The molecule has 30 heavy (non-hydrogen) atoms. The second kappa shape index (κ2) is 8.15. The Morgan fingerprint density at radius 3 is 2.77 bits per heavy atom. The summed E-state index contributed by atoms with van der Waals surface area (Å²) in [5.74, 6) is -0.0554. The van der Waals surface area contributed by atoms with Crippen LogP contribution in [0, 0.1) is 0 Å². The number of rotatable bonds is 6. The van der Waals surface area contributed by atoms with Gasteiger partial charge < -0.3 is 5.32 Å². The largest absolute Gasteiger partial charge is 0.348 e. The first kappa shape index (κ1) is 20.5. The fourth-order valence-electron chi connectivity index (χ4n) is 3.82. The molecule has 160 valence electrons. The zero-order chi connectivity index (χ0) is 21.3. The Bertz CT molecular complexity index is 1150. The number of likely N-dealkylation sites (tertiary alicyclic amines) is 1.